The van der Waals surface area contributed by atoms with E-state index < -0.39 is 0 Å². The van der Waals surface area contributed by atoms with E-state index >= 15 is 0 Å². The smallest absolute Gasteiger partial charge is 0.338 e. The van der Waals surface area contributed by atoms with Gasteiger partial charge in [0.25, 0.3) is 0 Å². The predicted molar refractivity (Wildman–Crippen MR) is 120 cm³/mol. The highest BCUT2D eigenvalue weighted by atomic mass is 32.1. The fraction of sp³-hybridized carbons (Fsp3) is 0.391. The summed E-state index contributed by atoms with van der Waals surface area (Å²) in [6, 6.07) is 14.1. The summed E-state index contributed by atoms with van der Waals surface area (Å²) in [6.45, 7) is 12.8. The molecule has 0 amide bonds. The molecule has 0 aliphatic heterocycles. The average Bonchev–Trinajstić information content (AvgIpc) is 2.63. The van der Waals surface area contributed by atoms with Crippen LogP contribution < -0.4 is 10.6 Å². The summed E-state index contributed by atoms with van der Waals surface area (Å²) in [5.74, 6) is -0.315. The number of rotatable bonds is 5. The van der Waals surface area contributed by atoms with Gasteiger partial charge < -0.3 is 15.4 Å². The van der Waals surface area contributed by atoms with Crippen LogP contribution in [0.2, 0.25) is 0 Å². The van der Waals surface area contributed by atoms with E-state index in [1.807, 2.05) is 13.0 Å². The van der Waals surface area contributed by atoms with E-state index in [2.05, 4.69) is 62.6 Å². The molecule has 1 atom stereocenters. The van der Waals surface area contributed by atoms with Crippen molar-refractivity contribution < 1.29 is 9.53 Å². The van der Waals surface area contributed by atoms with E-state index in [4.69, 9.17) is 17.0 Å². The molecule has 0 saturated heterocycles. The molecule has 0 spiro atoms. The number of hydrogen-bond donors (Lipinski definition) is 2. The van der Waals surface area contributed by atoms with Crippen molar-refractivity contribution in [3.05, 3.63) is 64.7 Å². The summed E-state index contributed by atoms with van der Waals surface area (Å²) in [5.41, 5.74) is 4.95. The number of anilines is 1. The summed E-state index contributed by atoms with van der Waals surface area (Å²) < 4.78 is 5.04. The van der Waals surface area contributed by atoms with E-state index in [0.717, 1.165) is 11.3 Å². The van der Waals surface area contributed by atoms with E-state index in [1.165, 1.54) is 11.1 Å². The maximum Gasteiger partial charge on any atom is 0.338 e. The lowest BCUT2D eigenvalue weighted by molar-refractivity contribution is 0.0526. The molecule has 2 aromatic carbocycles. The first-order chi connectivity index (χ1) is 13.1. The van der Waals surface area contributed by atoms with E-state index in [0.29, 0.717) is 17.3 Å². The van der Waals surface area contributed by atoms with Crippen molar-refractivity contribution in [1.29, 1.82) is 0 Å². The quantitative estimate of drug-likeness (QED) is 0.513. The predicted octanol–water partition coefficient (Wildman–Crippen LogP) is 5.52. The lowest BCUT2D eigenvalue weighted by atomic mass is 9.86. The van der Waals surface area contributed by atoms with Gasteiger partial charge in [-0.05, 0) is 73.3 Å². The molecule has 150 valence electrons. The summed E-state index contributed by atoms with van der Waals surface area (Å²) in [6.07, 6.45) is 0. The SMILES string of the molecule is CCOC(=O)c1ccc(NC(=S)NC(C)c2ccc(C(C)(C)C)cc2)c(C)c1. The summed E-state index contributed by atoms with van der Waals surface area (Å²) in [4.78, 5) is 11.8. The molecule has 0 radical (unpaired) electrons. The Balaban J connectivity index is 2.00. The Morgan fingerprint density at radius 1 is 1.14 bits per heavy atom. The number of benzene rings is 2. The molecule has 0 fully saturated rings. The standard InChI is InChI=1S/C23H30N2O2S/c1-7-27-21(26)18-10-13-20(15(2)14-18)25-22(28)24-16(3)17-8-11-19(12-9-17)23(4,5)6/h8-14,16H,7H2,1-6H3,(H2,24,25,28). The summed E-state index contributed by atoms with van der Waals surface area (Å²) in [7, 11) is 0. The van der Waals surface area contributed by atoms with E-state index in [-0.39, 0.29) is 17.4 Å². The number of ether oxygens (including phenoxy) is 1. The third-order valence-corrected chi connectivity index (χ3v) is 4.83. The zero-order chi connectivity index (χ0) is 20.9. The number of aryl methyl sites for hydroxylation is 1. The van der Waals surface area contributed by atoms with Crippen molar-refractivity contribution in [3.63, 3.8) is 0 Å². The Morgan fingerprint density at radius 2 is 1.79 bits per heavy atom. The van der Waals surface area contributed by atoms with Crippen LogP contribution in [-0.2, 0) is 10.2 Å². The van der Waals surface area contributed by atoms with Gasteiger partial charge in [-0.25, -0.2) is 4.79 Å². The second-order valence-electron chi connectivity index (χ2n) is 7.94. The Morgan fingerprint density at radius 3 is 2.32 bits per heavy atom. The van der Waals surface area contributed by atoms with Crippen LogP contribution in [0.15, 0.2) is 42.5 Å². The van der Waals surface area contributed by atoms with Gasteiger partial charge in [0.2, 0.25) is 0 Å². The third-order valence-electron chi connectivity index (χ3n) is 4.61. The molecule has 0 aromatic heterocycles. The van der Waals surface area contributed by atoms with Crippen LogP contribution in [0, 0.1) is 6.92 Å². The molecular weight excluding hydrogens is 368 g/mol. The topological polar surface area (TPSA) is 50.4 Å². The highest BCUT2D eigenvalue weighted by molar-refractivity contribution is 7.80. The van der Waals surface area contributed by atoms with Gasteiger partial charge in [0.1, 0.15) is 0 Å². The molecule has 0 aliphatic rings. The monoisotopic (exact) mass is 398 g/mol. The van der Waals surface area contributed by atoms with Crippen LogP contribution in [0.3, 0.4) is 0 Å². The van der Waals surface area contributed by atoms with Crippen molar-refractivity contribution in [2.24, 2.45) is 0 Å². The van der Waals surface area contributed by atoms with Gasteiger partial charge in [-0.3, -0.25) is 0 Å². The molecule has 2 N–H and O–H groups in total. The number of carbonyl (C=O) groups is 1. The van der Waals surface area contributed by atoms with Crippen LogP contribution in [0.25, 0.3) is 0 Å². The number of esters is 1. The molecule has 2 rings (SSSR count). The Hall–Kier alpha value is -2.40. The molecule has 28 heavy (non-hydrogen) atoms. The van der Waals surface area contributed by atoms with Crippen molar-refractivity contribution >= 4 is 29.0 Å². The highest BCUT2D eigenvalue weighted by Crippen LogP contribution is 2.24. The fourth-order valence-electron chi connectivity index (χ4n) is 2.86. The first-order valence-corrected chi connectivity index (χ1v) is 9.98. The molecule has 1 unspecified atom stereocenters. The van der Waals surface area contributed by atoms with Gasteiger partial charge >= 0.3 is 5.97 Å². The lowest BCUT2D eigenvalue weighted by Crippen LogP contribution is -2.31. The largest absolute Gasteiger partial charge is 0.462 e. The minimum absolute atomic E-state index is 0.0770. The number of nitrogens with one attached hydrogen (secondary N) is 2. The van der Waals surface area contributed by atoms with Crippen molar-refractivity contribution in [2.75, 3.05) is 11.9 Å². The Bertz CT molecular complexity index is 839. The minimum Gasteiger partial charge on any atom is -0.462 e. The molecule has 0 heterocycles. The van der Waals surface area contributed by atoms with Crippen molar-refractivity contribution in [2.45, 2.75) is 53.0 Å². The highest BCUT2D eigenvalue weighted by Gasteiger charge is 2.15. The molecule has 0 saturated carbocycles. The average molecular weight is 399 g/mol. The maximum atomic E-state index is 11.8. The molecule has 0 bridgehead atoms. The zero-order valence-electron chi connectivity index (χ0n) is 17.6. The second-order valence-corrected chi connectivity index (χ2v) is 8.35. The Labute approximate surface area is 173 Å². The molecule has 4 nitrogen and oxygen atoms in total. The van der Waals surface area contributed by atoms with Gasteiger partial charge in [-0.15, -0.1) is 0 Å². The summed E-state index contributed by atoms with van der Waals surface area (Å²) in [5, 5.41) is 7.07. The molecular formula is C23H30N2O2S. The van der Waals surface area contributed by atoms with Crippen LogP contribution >= 0.6 is 12.2 Å². The molecule has 5 heteroatoms. The van der Waals surface area contributed by atoms with Gasteiger partial charge in [0.15, 0.2) is 5.11 Å². The molecule has 2 aromatic rings. The third kappa shape index (κ3) is 5.80. The normalized spacial score (nSPS) is 12.2. The van der Waals surface area contributed by atoms with Crippen LogP contribution in [0.1, 0.15) is 67.7 Å². The van der Waals surface area contributed by atoms with Crippen molar-refractivity contribution in [1.82, 2.24) is 5.32 Å². The Kier molecular flexibility index (Phi) is 7.19. The first-order valence-electron chi connectivity index (χ1n) is 9.57. The minimum atomic E-state index is -0.315. The van der Waals surface area contributed by atoms with E-state index in [1.54, 1.807) is 19.1 Å². The number of carbonyl (C=O) groups excluding carboxylic acids is 1. The molecule has 0 aliphatic carbocycles. The zero-order valence-corrected chi connectivity index (χ0v) is 18.4. The maximum absolute atomic E-state index is 11.8. The van der Waals surface area contributed by atoms with Gasteiger partial charge in [-0.2, -0.15) is 0 Å². The fourth-order valence-corrected chi connectivity index (χ4v) is 3.14. The van der Waals surface area contributed by atoms with E-state index in [9.17, 15) is 4.79 Å². The van der Waals surface area contributed by atoms with Gasteiger partial charge in [-0.1, -0.05) is 45.0 Å². The lowest BCUT2D eigenvalue weighted by Gasteiger charge is -2.22. The summed E-state index contributed by atoms with van der Waals surface area (Å²) >= 11 is 5.47. The van der Waals surface area contributed by atoms with Gasteiger partial charge in [0.05, 0.1) is 18.2 Å². The van der Waals surface area contributed by atoms with Crippen LogP contribution in [0.5, 0.6) is 0 Å². The van der Waals surface area contributed by atoms with Crippen LogP contribution in [0.4, 0.5) is 5.69 Å². The number of hydrogen-bond acceptors (Lipinski definition) is 3. The van der Waals surface area contributed by atoms with Crippen molar-refractivity contribution in [3.8, 4) is 0 Å². The second kappa shape index (κ2) is 9.20. The van der Waals surface area contributed by atoms with Gasteiger partial charge in [0, 0.05) is 5.69 Å². The number of thiocarbonyl (C=S) groups is 1. The first kappa shape index (κ1) is 21.9. The van der Waals surface area contributed by atoms with Crippen LogP contribution in [-0.4, -0.2) is 17.7 Å².